The fraction of sp³-hybridized carbons (Fsp3) is 0.471. The smallest absolute Gasteiger partial charge is 0.0769 e. The molecule has 2 atom stereocenters. The summed E-state index contributed by atoms with van der Waals surface area (Å²) in [6.45, 7) is 4.00. The Labute approximate surface area is 120 Å². The Bertz CT molecular complexity index is 564. The van der Waals surface area contributed by atoms with Crippen molar-refractivity contribution in [3.05, 3.63) is 42.1 Å². The van der Waals surface area contributed by atoms with Crippen molar-refractivity contribution in [2.45, 2.75) is 38.3 Å². The van der Waals surface area contributed by atoms with E-state index in [-0.39, 0.29) is 12.1 Å². The molecule has 1 fully saturated rings. The lowest BCUT2D eigenvalue weighted by atomic mass is 9.94. The van der Waals surface area contributed by atoms with E-state index in [0.717, 1.165) is 25.1 Å². The van der Waals surface area contributed by atoms with Crippen molar-refractivity contribution in [1.82, 2.24) is 10.3 Å². The third-order valence-corrected chi connectivity index (χ3v) is 4.00. The second kappa shape index (κ2) is 6.33. The Kier molecular flexibility index (Phi) is 4.28. The summed E-state index contributed by atoms with van der Waals surface area (Å²) in [6.07, 6.45) is 5.73. The van der Waals surface area contributed by atoms with Crippen LogP contribution in [0, 0.1) is 0 Å². The minimum atomic E-state index is 0.282. The molecule has 0 bridgehead atoms. The first-order valence-corrected chi connectivity index (χ1v) is 7.58. The maximum absolute atomic E-state index is 5.98. The molecule has 3 rings (SSSR count). The van der Waals surface area contributed by atoms with Crippen LogP contribution in [0.1, 0.15) is 37.8 Å². The quantitative estimate of drug-likeness (QED) is 0.924. The van der Waals surface area contributed by atoms with Gasteiger partial charge in [-0.3, -0.25) is 4.98 Å². The predicted octanol–water partition coefficient (Wildman–Crippen LogP) is 3.45. The van der Waals surface area contributed by atoms with Crippen molar-refractivity contribution in [1.29, 1.82) is 0 Å². The maximum atomic E-state index is 5.98. The summed E-state index contributed by atoms with van der Waals surface area (Å²) in [4.78, 5) is 4.39. The van der Waals surface area contributed by atoms with Gasteiger partial charge < -0.3 is 10.1 Å². The molecule has 20 heavy (non-hydrogen) atoms. The molecule has 0 spiro atoms. The molecule has 1 aliphatic heterocycles. The second-order valence-corrected chi connectivity index (χ2v) is 5.40. The van der Waals surface area contributed by atoms with Gasteiger partial charge in [-0.1, -0.05) is 19.1 Å². The molecular weight excluding hydrogens is 248 g/mol. The van der Waals surface area contributed by atoms with E-state index in [1.165, 1.54) is 23.8 Å². The number of aromatic nitrogens is 1. The van der Waals surface area contributed by atoms with Crippen LogP contribution in [0.3, 0.4) is 0 Å². The first-order valence-electron chi connectivity index (χ1n) is 7.58. The highest BCUT2D eigenvalue weighted by Crippen LogP contribution is 2.28. The van der Waals surface area contributed by atoms with Gasteiger partial charge in [-0.15, -0.1) is 0 Å². The van der Waals surface area contributed by atoms with Crippen LogP contribution in [0.2, 0.25) is 0 Å². The molecule has 1 N–H and O–H groups in total. The van der Waals surface area contributed by atoms with E-state index in [4.69, 9.17) is 4.74 Å². The van der Waals surface area contributed by atoms with Crippen LogP contribution in [0.15, 0.2) is 36.5 Å². The molecule has 0 radical (unpaired) electrons. The lowest BCUT2D eigenvalue weighted by Gasteiger charge is -2.31. The van der Waals surface area contributed by atoms with Gasteiger partial charge in [-0.2, -0.15) is 0 Å². The summed E-state index contributed by atoms with van der Waals surface area (Å²) in [7, 11) is 0. The highest BCUT2D eigenvalue weighted by molar-refractivity contribution is 5.79. The standard InChI is InChI=1S/C17H22N2O/c1-2-18-17(16-7-3-4-11-20-16)14-8-9-15-13(12-14)6-5-10-19-15/h5-6,8-10,12,16-18H,2-4,7,11H2,1H3. The normalized spacial score (nSPS) is 20.9. The Balaban J connectivity index is 1.91. The molecule has 1 saturated heterocycles. The molecule has 0 saturated carbocycles. The number of fused-ring (bicyclic) bond motifs is 1. The van der Waals surface area contributed by atoms with Gasteiger partial charge in [0.15, 0.2) is 0 Å². The fourth-order valence-electron chi connectivity index (χ4n) is 3.00. The van der Waals surface area contributed by atoms with Gasteiger partial charge in [0.25, 0.3) is 0 Å². The SMILES string of the molecule is CCNC(c1ccc2ncccc2c1)C1CCCCO1. The van der Waals surface area contributed by atoms with Crippen LogP contribution in [0.5, 0.6) is 0 Å². The molecule has 1 aromatic carbocycles. The van der Waals surface area contributed by atoms with Crippen LogP contribution in [0.4, 0.5) is 0 Å². The molecule has 0 aliphatic carbocycles. The molecule has 2 aromatic rings. The van der Waals surface area contributed by atoms with Gasteiger partial charge in [0.05, 0.1) is 17.7 Å². The summed E-state index contributed by atoms with van der Waals surface area (Å²) >= 11 is 0. The summed E-state index contributed by atoms with van der Waals surface area (Å²) in [5, 5.41) is 4.79. The number of rotatable bonds is 4. The Morgan fingerprint density at radius 2 is 2.30 bits per heavy atom. The third kappa shape index (κ3) is 2.84. The lowest BCUT2D eigenvalue weighted by molar-refractivity contribution is -0.00783. The van der Waals surface area contributed by atoms with Crippen molar-refractivity contribution in [3.63, 3.8) is 0 Å². The van der Waals surface area contributed by atoms with E-state index in [2.05, 4.69) is 41.5 Å². The molecule has 106 valence electrons. The van der Waals surface area contributed by atoms with Gasteiger partial charge in [0.1, 0.15) is 0 Å². The monoisotopic (exact) mass is 270 g/mol. The predicted molar refractivity (Wildman–Crippen MR) is 81.8 cm³/mol. The summed E-state index contributed by atoms with van der Waals surface area (Å²) in [5.41, 5.74) is 2.36. The average Bonchev–Trinajstić information content (AvgIpc) is 2.53. The molecule has 3 nitrogen and oxygen atoms in total. The van der Waals surface area contributed by atoms with E-state index in [0.29, 0.717) is 0 Å². The van der Waals surface area contributed by atoms with Gasteiger partial charge in [-0.05, 0) is 49.6 Å². The summed E-state index contributed by atoms with van der Waals surface area (Å²) in [6, 6.07) is 10.9. The van der Waals surface area contributed by atoms with E-state index in [1.807, 2.05) is 12.3 Å². The van der Waals surface area contributed by atoms with E-state index < -0.39 is 0 Å². The number of hydrogen-bond acceptors (Lipinski definition) is 3. The summed E-state index contributed by atoms with van der Waals surface area (Å²) in [5.74, 6) is 0. The number of pyridine rings is 1. The van der Waals surface area contributed by atoms with Crippen LogP contribution >= 0.6 is 0 Å². The first-order chi connectivity index (χ1) is 9.88. The van der Waals surface area contributed by atoms with Crippen molar-refractivity contribution in [3.8, 4) is 0 Å². The molecule has 0 amide bonds. The number of benzene rings is 1. The van der Waals surface area contributed by atoms with Gasteiger partial charge in [-0.25, -0.2) is 0 Å². The van der Waals surface area contributed by atoms with E-state index >= 15 is 0 Å². The highest BCUT2D eigenvalue weighted by Gasteiger charge is 2.25. The minimum absolute atomic E-state index is 0.282. The first kappa shape index (κ1) is 13.5. The molecule has 2 heterocycles. The van der Waals surface area contributed by atoms with Crippen molar-refractivity contribution in [2.75, 3.05) is 13.2 Å². The maximum Gasteiger partial charge on any atom is 0.0769 e. The van der Waals surface area contributed by atoms with Crippen molar-refractivity contribution in [2.24, 2.45) is 0 Å². The Hall–Kier alpha value is -1.45. The number of nitrogens with zero attached hydrogens (tertiary/aromatic N) is 1. The van der Waals surface area contributed by atoms with Gasteiger partial charge in [0, 0.05) is 18.2 Å². The molecule has 1 aromatic heterocycles. The fourth-order valence-corrected chi connectivity index (χ4v) is 3.00. The molecular formula is C17H22N2O. The van der Waals surface area contributed by atoms with Crippen LogP contribution in [-0.2, 0) is 4.74 Å². The Morgan fingerprint density at radius 1 is 1.35 bits per heavy atom. The third-order valence-electron chi connectivity index (χ3n) is 4.00. The summed E-state index contributed by atoms with van der Waals surface area (Å²) < 4.78 is 5.98. The average molecular weight is 270 g/mol. The van der Waals surface area contributed by atoms with Gasteiger partial charge in [0.2, 0.25) is 0 Å². The number of ether oxygens (including phenoxy) is 1. The number of nitrogens with one attached hydrogen (secondary N) is 1. The van der Waals surface area contributed by atoms with Crippen LogP contribution < -0.4 is 5.32 Å². The van der Waals surface area contributed by atoms with Gasteiger partial charge >= 0.3 is 0 Å². The molecule has 3 heteroatoms. The topological polar surface area (TPSA) is 34.2 Å². The zero-order valence-corrected chi connectivity index (χ0v) is 12.0. The van der Waals surface area contributed by atoms with E-state index in [1.54, 1.807) is 0 Å². The van der Waals surface area contributed by atoms with Crippen LogP contribution in [-0.4, -0.2) is 24.2 Å². The largest absolute Gasteiger partial charge is 0.376 e. The van der Waals surface area contributed by atoms with Crippen molar-refractivity contribution >= 4 is 10.9 Å². The highest BCUT2D eigenvalue weighted by atomic mass is 16.5. The molecule has 2 unspecified atom stereocenters. The second-order valence-electron chi connectivity index (χ2n) is 5.40. The minimum Gasteiger partial charge on any atom is -0.376 e. The lowest BCUT2D eigenvalue weighted by Crippen LogP contribution is -2.35. The van der Waals surface area contributed by atoms with E-state index in [9.17, 15) is 0 Å². The number of likely N-dealkylation sites (N-methyl/N-ethyl adjacent to an activating group) is 1. The van der Waals surface area contributed by atoms with Crippen LogP contribution in [0.25, 0.3) is 10.9 Å². The molecule has 1 aliphatic rings. The van der Waals surface area contributed by atoms with Crippen molar-refractivity contribution < 1.29 is 4.74 Å². The zero-order chi connectivity index (χ0) is 13.8. The number of hydrogen-bond donors (Lipinski definition) is 1. The zero-order valence-electron chi connectivity index (χ0n) is 12.0. The Morgan fingerprint density at radius 3 is 3.10 bits per heavy atom.